The number of fused-ring (bicyclic) bond motifs is 1. The zero-order valence-electron chi connectivity index (χ0n) is 11.6. The Hall–Kier alpha value is -2.90. The number of nitrogens with one attached hydrogen (secondary N) is 2. The highest BCUT2D eigenvalue weighted by Gasteiger charge is 2.17. The third-order valence-electron chi connectivity index (χ3n) is 2.94. The molecule has 3 aromatic rings. The van der Waals surface area contributed by atoms with Crippen LogP contribution in [-0.4, -0.2) is 37.5 Å². The standard InChI is InChI=1S/C13H14N6O2/c1-3-21-13-15-12(16-17-13)14-11(20)10-8-6-4-5-7-9(8)19(2)18-10/h4-7H,3H2,1-2H3,(H2,14,15,16,17,20). The van der Waals surface area contributed by atoms with Crippen LogP contribution in [0.25, 0.3) is 10.9 Å². The number of aromatic amines is 1. The lowest BCUT2D eigenvalue weighted by molar-refractivity contribution is 0.102. The number of carbonyl (C=O) groups excluding carboxylic acids is 1. The third kappa shape index (κ3) is 2.42. The molecule has 21 heavy (non-hydrogen) atoms. The van der Waals surface area contributed by atoms with E-state index in [0.29, 0.717) is 12.3 Å². The number of ether oxygens (including phenoxy) is 1. The van der Waals surface area contributed by atoms with E-state index in [-0.39, 0.29) is 17.9 Å². The predicted octanol–water partition coefficient (Wildman–Crippen LogP) is 1.34. The monoisotopic (exact) mass is 286 g/mol. The quantitative estimate of drug-likeness (QED) is 0.754. The maximum absolute atomic E-state index is 12.3. The van der Waals surface area contributed by atoms with Crippen molar-refractivity contribution in [2.45, 2.75) is 6.92 Å². The van der Waals surface area contributed by atoms with Gasteiger partial charge in [0.15, 0.2) is 5.69 Å². The van der Waals surface area contributed by atoms with Crippen molar-refractivity contribution in [3.8, 4) is 6.01 Å². The van der Waals surface area contributed by atoms with Gasteiger partial charge >= 0.3 is 6.01 Å². The Kier molecular flexibility index (Phi) is 3.27. The molecule has 0 aliphatic rings. The molecule has 0 unspecified atom stereocenters. The van der Waals surface area contributed by atoms with Gasteiger partial charge in [0, 0.05) is 12.4 Å². The van der Waals surface area contributed by atoms with Crippen LogP contribution < -0.4 is 10.1 Å². The van der Waals surface area contributed by atoms with Crippen LogP contribution in [0.15, 0.2) is 24.3 Å². The van der Waals surface area contributed by atoms with E-state index in [1.165, 1.54) is 0 Å². The summed E-state index contributed by atoms with van der Waals surface area (Å²) in [5, 5.41) is 14.1. The first-order chi connectivity index (χ1) is 10.2. The number of para-hydroxylation sites is 1. The largest absolute Gasteiger partial charge is 0.463 e. The van der Waals surface area contributed by atoms with Gasteiger partial charge in [0.2, 0.25) is 5.95 Å². The molecular weight excluding hydrogens is 272 g/mol. The number of amides is 1. The average molecular weight is 286 g/mol. The topological polar surface area (TPSA) is 97.7 Å². The Morgan fingerprint density at radius 2 is 2.24 bits per heavy atom. The van der Waals surface area contributed by atoms with Gasteiger partial charge < -0.3 is 4.74 Å². The van der Waals surface area contributed by atoms with Crippen LogP contribution in [0.2, 0.25) is 0 Å². The minimum absolute atomic E-state index is 0.193. The molecule has 8 nitrogen and oxygen atoms in total. The van der Waals surface area contributed by atoms with Crippen LogP contribution in [0.4, 0.5) is 5.95 Å². The van der Waals surface area contributed by atoms with E-state index >= 15 is 0 Å². The van der Waals surface area contributed by atoms with Gasteiger partial charge in [-0.05, 0) is 13.0 Å². The van der Waals surface area contributed by atoms with E-state index in [1.807, 2.05) is 31.2 Å². The predicted molar refractivity (Wildman–Crippen MR) is 76.2 cm³/mol. The number of benzene rings is 1. The van der Waals surface area contributed by atoms with Gasteiger partial charge in [-0.1, -0.05) is 18.2 Å². The van der Waals surface area contributed by atoms with Gasteiger partial charge in [-0.15, -0.1) is 5.10 Å². The van der Waals surface area contributed by atoms with E-state index < -0.39 is 0 Å². The van der Waals surface area contributed by atoms with Crippen molar-refractivity contribution in [2.24, 2.45) is 7.05 Å². The molecule has 1 aromatic carbocycles. The maximum atomic E-state index is 12.3. The highest BCUT2D eigenvalue weighted by molar-refractivity contribution is 6.10. The van der Waals surface area contributed by atoms with Crippen molar-refractivity contribution >= 4 is 22.8 Å². The van der Waals surface area contributed by atoms with Crippen LogP contribution in [0.1, 0.15) is 17.4 Å². The number of aromatic nitrogens is 5. The lowest BCUT2D eigenvalue weighted by Gasteiger charge is -1.98. The van der Waals surface area contributed by atoms with Crippen molar-refractivity contribution in [1.29, 1.82) is 0 Å². The van der Waals surface area contributed by atoms with Crippen LogP contribution in [0.5, 0.6) is 6.01 Å². The molecule has 0 fully saturated rings. The molecule has 0 spiro atoms. The van der Waals surface area contributed by atoms with Gasteiger partial charge in [0.25, 0.3) is 5.91 Å². The van der Waals surface area contributed by atoms with E-state index in [9.17, 15) is 4.79 Å². The van der Waals surface area contributed by atoms with Crippen molar-refractivity contribution in [1.82, 2.24) is 25.0 Å². The number of nitrogens with zero attached hydrogens (tertiary/aromatic N) is 4. The van der Waals surface area contributed by atoms with Gasteiger partial charge in [0.1, 0.15) is 0 Å². The lowest BCUT2D eigenvalue weighted by Crippen LogP contribution is -2.14. The summed E-state index contributed by atoms with van der Waals surface area (Å²) in [5.41, 5.74) is 1.22. The Morgan fingerprint density at radius 3 is 3.05 bits per heavy atom. The average Bonchev–Trinajstić information content (AvgIpc) is 3.05. The number of hydrogen-bond acceptors (Lipinski definition) is 5. The molecule has 1 amide bonds. The fraction of sp³-hybridized carbons (Fsp3) is 0.231. The molecule has 0 atom stereocenters. The Bertz CT molecular complexity index is 791. The normalized spacial score (nSPS) is 10.8. The summed E-state index contributed by atoms with van der Waals surface area (Å²) in [6, 6.07) is 7.71. The second kappa shape index (κ2) is 5.23. The number of rotatable bonds is 4. The Labute approximate surface area is 120 Å². The molecule has 0 bridgehead atoms. The minimum atomic E-state index is -0.356. The van der Waals surface area contributed by atoms with Crippen LogP contribution >= 0.6 is 0 Å². The number of hydrogen-bond donors (Lipinski definition) is 2. The number of H-pyrrole nitrogens is 1. The summed E-state index contributed by atoms with van der Waals surface area (Å²) in [5.74, 6) is -0.135. The van der Waals surface area contributed by atoms with Crippen molar-refractivity contribution < 1.29 is 9.53 Å². The van der Waals surface area contributed by atoms with E-state index in [4.69, 9.17) is 4.74 Å². The van der Waals surface area contributed by atoms with Crippen LogP contribution in [0.3, 0.4) is 0 Å². The first-order valence-corrected chi connectivity index (χ1v) is 6.47. The molecular formula is C13H14N6O2. The first kappa shape index (κ1) is 13.1. The summed E-state index contributed by atoms with van der Waals surface area (Å²) < 4.78 is 6.79. The highest BCUT2D eigenvalue weighted by Crippen LogP contribution is 2.18. The van der Waals surface area contributed by atoms with Gasteiger partial charge in [-0.2, -0.15) is 10.1 Å². The fourth-order valence-electron chi connectivity index (χ4n) is 2.04. The molecule has 0 aliphatic heterocycles. The van der Waals surface area contributed by atoms with Gasteiger partial charge in [-0.3, -0.25) is 14.8 Å². The fourth-order valence-corrected chi connectivity index (χ4v) is 2.04. The Balaban J connectivity index is 1.86. The number of aryl methyl sites for hydroxylation is 1. The van der Waals surface area contributed by atoms with Crippen molar-refractivity contribution in [3.05, 3.63) is 30.0 Å². The second-order valence-corrected chi connectivity index (χ2v) is 4.34. The summed E-state index contributed by atoms with van der Waals surface area (Å²) in [7, 11) is 1.79. The van der Waals surface area contributed by atoms with Crippen LogP contribution in [-0.2, 0) is 7.05 Å². The SMILES string of the molecule is CCOc1n[nH]c(NC(=O)c2nn(C)c3ccccc23)n1. The third-order valence-corrected chi connectivity index (χ3v) is 2.94. The zero-order valence-corrected chi connectivity index (χ0v) is 11.6. The molecule has 0 saturated carbocycles. The summed E-state index contributed by atoms with van der Waals surface area (Å²) in [6.07, 6.45) is 0. The smallest absolute Gasteiger partial charge is 0.337 e. The van der Waals surface area contributed by atoms with E-state index in [1.54, 1.807) is 11.7 Å². The molecule has 108 valence electrons. The molecule has 8 heteroatoms. The molecule has 3 rings (SSSR count). The molecule has 2 N–H and O–H groups in total. The first-order valence-electron chi connectivity index (χ1n) is 6.47. The lowest BCUT2D eigenvalue weighted by atomic mass is 10.2. The number of anilines is 1. The Morgan fingerprint density at radius 1 is 1.43 bits per heavy atom. The second-order valence-electron chi connectivity index (χ2n) is 4.34. The molecule has 0 radical (unpaired) electrons. The highest BCUT2D eigenvalue weighted by atomic mass is 16.5. The molecule has 0 saturated heterocycles. The van der Waals surface area contributed by atoms with Gasteiger partial charge in [-0.25, -0.2) is 5.10 Å². The van der Waals surface area contributed by atoms with E-state index in [2.05, 4.69) is 25.6 Å². The summed E-state index contributed by atoms with van der Waals surface area (Å²) in [6.45, 7) is 2.28. The number of carbonyl (C=O) groups is 1. The summed E-state index contributed by atoms with van der Waals surface area (Å²) in [4.78, 5) is 16.3. The molecule has 0 aliphatic carbocycles. The van der Waals surface area contributed by atoms with Crippen molar-refractivity contribution in [3.63, 3.8) is 0 Å². The van der Waals surface area contributed by atoms with E-state index in [0.717, 1.165) is 10.9 Å². The molecule has 2 aromatic heterocycles. The summed E-state index contributed by atoms with van der Waals surface area (Å²) >= 11 is 0. The maximum Gasteiger partial charge on any atom is 0.337 e. The van der Waals surface area contributed by atoms with Gasteiger partial charge in [0.05, 0.1) is 12.1 Å². The zero-order chi connectivity index (χ0) is 14.8. The van der Waals surface area contributed by atoms with Crippen LogP contribution in [0, 0.1) is 0 Å². The van der Waals surface area contributed by atoms with Crippen molar-refractivity contribution in [2.75, 3.05) is 11.9 Å². The minimum Gasteiger partial charge on any atom is -0.463 e. The molecule has 2 heterocycles.